The number of rotatable bonds is 5. The van der Waals surface area contributed by atoms with Crippen molar-refractivity contribution in [2.24, 2.45) is 22.7 Å². The Balaban J connectivity index is 1.08. The lowest BCUT2D eigenvalue weighted by Crippen LogP contribution is -2.62. The van der Waals surface area contributed by atoms with Gasteiger partial charge in [-0.2, -0.15) is 5.10 Å². The summed E-state index contributed by atoms with van der Waals surface area (Å²) in [5.41, 5.74) is 5.05. The molecule has 3 saturated heterocycles. The molecule has 1 aliphatic carbocycles. The number of nitrogens with zero attached hydrogens (tertiary/aromatic N) is 6. The molecule has 4 fully saturated rings. The van der Waals surface area contributed by atoms with Crippen LogP contribution in [0, 0.1) is 29.6 Å². The number of aryl methyl sites for hydroxylation is 1. The standard InChI is InChI=1S/C34H41ClN6O4/c1-20-11-22(35)13-23(24(20)16-38-9-7-34(8-10-38)17-39(18-34)31(44)45-32(2,3)4)28-25-12-21(15-41(25)37-19-36-28)14-40-29(42)26-27(30(40)43)33(26,5)6/h11-13,15,19,26-27H,7-10,14,16-18H2,1-6H3. The summed E-state index contributed by atoms with van der Waals surface area (Å²) in [4.78, 5) is 48.9. The van der Waals surface area contributed by atoms with Crippen LogP contribution in [0.4, 0.5) is 4.79 Å². The van der Waals surface area contributed by atoms with Crippen molar-refractivity contribution in [2.45, 2.75) is 73.1 Å². The van der Waals surface area contributed by atoms with Gasteiger partial charge < -0.3 is 9.64 Å². The molecule has 45 heavy (non-hydrogen) atoms. The summed E-state index contributed by atoms with van der Waals surface area (Å²) in [5, 5.41) is 5.08. The Labute approximate surface area is 268 Å². The zero-order chi connectivity index (χ0) is 32.1. The fourth-order valence-corrected chi connectivity index (χ4v) is 8.03. The highest BCUT2D eigenvalue weighted by molar-refractivity contribution is 6.31. The highest BCUT2D eigenvalue weighted by atomic mass is 35.5. The second kappa shape index (κ2) is 10.3. The van der Waals surface area contributed by atoms with E-state index in [-0.39, 0.29) is 47.1 Å². The number of benzene rings is 1. The van der Waals surface area contributed by atoms with E-state index < -0.39 is 5.60 Å². The largest absolute Gasteiger partial charge is 0.444 e. The average Bonchev–Trinajstić information content (AvgIpc) is 3.17. The zero-order valence-corrected chi connectivity index (χ0v) is 27.6. The summed E-state index contributed by atoms with van der Waals surface area (Å²) in [6.45, 7) is 16.1. The predicted molar refractivity (Wildman–Crippen MR) is 169 cm³/mol. The van der Waals surface area contributed by atoms with E-state index in [0.29, 0.717) is 5.02 Å². The van der Waals surface area contributed by atoms with Crippen LogP contribution in [0.5, 0.6) is 0 Å². The van der Waals surface area contributed by atoms with Crippen LogP contribution in [0.3, 0.4) is 0 Å². The Bertz CT molecular complexity index is 1700. The number of hydrogen-bond donors (Lipinski definition) is 0. The van der Waals surface area contributed by atoms with Crippen molar-refractivity contribution in [3.63, 3.8) is 0 Å². The van der Waals surface area contributed by atoms with Crippen LogP contribution in [-0.2, 0) is 27.4 Å². The quantitative estimate of drug-likeness (QED) is 0.351. The first-order valence-electron chi connectivity index (χ1n) is 15.8. The van der Waals surface area contributed by atoms with E-state index in [2.05, 4.69) is 16.9 Å². The van der Waals surface area contributed by atoms with Crippen molar-refractivity contribution in [3.8, 4) is 11.3 Å². The van der Waals surface area contributed by atoms with E-state index in [0.717, 1.165) is 79.0 Å². The topological polar surface area (TPSA) is 100 Å². The van der Waals surface area contributed by atoms with E-state index in [1.165, 1.54) is 11.2 Å². The monoisotopic (exact) mass is 632 g/mol. The maximum Gasteiger partial charge on any atom is 0.410 e. The normalized spacial score (nSPS) is 23.9. The summed E-state index contributed by atoms with van der Waals surface area (Å²) >= 11 is 6.61. The second-order valence-electron chi connectivity index (χ2n) is 15.2. The maximum atomic E-state index is 13.0. The predicted octanol–water partition coefficient (Wildman–Crippen LogP) is 5.33. The Morgan fingerprint density at radius 1 is 1.04 bits per heavy atom. The number of halogens is 1. The number of piperidine rings is 2. The zero-order valence-electron chi connectivity index (χ0n) is 26.9. The van der Waals surface area contributed by atoms with Gasteiger partial charge in [-0.3, -0.25) is 19.4 Å². The summed E-state index contributed by atoms with van der Waals surface area (Å²) in [6, 6.07) is 5.94. The molecule has 11 heteroatoms. The SMILES string of the molecule is Cc1cc(Cl)cc(-c2ncnn3cc(CN4C(=O)C5C(C4=O)C5(C)C)cc23)c1CN1CCC2(CC1)CN(C(=O)OC(C)(C)C)C2. The molecule has 238 valence electrons. The number of aromatic nitrogens is 3. The molecule has 2 unspecified atom stereocenters. The minimum absolute atomic E-state index is 0.0768. The van der Waals surface area contributed by atoms with Crippen LogP contribution < -0.4 is 0 Å². The third-order valence-electron chi connectivity index (χ3n) is 10.4. The van der Waals surface area contributed by atoms with Crippen LogP contribution in [0.25, 0.3) is 16.8 Å². The first-order chi connectivity index (χ1) is 21.2. The smallest absolute Gasteiger partial charge is 0.410 e. The summed E-state index contributed by atoms with van der Waals surface area (Å²) in [5.74, 6) is -0.557. The van der Waals surface area contributed by atoms with Crippen molar-refractivity contribution in [1.82, 2.24) is 29.3 Å². The Kier molecular flexibility index (Phi) is 6.87. The van der Waals surface area contributed by atoms with Crippen LogP contribution in [0.15, 0.2) is 30.7 Å². The van der Waals surface area contributed by atoms with E-state index in [1.807, 2.05) is 63.9 Å². The lowest BCUT2D eigenvalue weighted by Gasteiger charge is -2.53. The minimum Gasteiger partial charge on any atom is -0.444 e. The van der Waals surface area contributed by atoms with Crippen molar-refractivity contribution in [1.29, 1.82) is 0 Å². The molecule has 1 spiro atoms. The second-order valence-corrected chi connectivity index (χ2v) is 15.6. The van der Waals surface area contributed by atoms with Gasteiger partial charge in [-0.25, -0.2) is 14.3 Å². The van der Waals surface area contributed by atoms with Gasteiger partial charge in [0.15, 0.2) is 0 Å². The molecule has 0 bridgehead atoms. The summed E-state index contributed by atoms with van der Waals surface area (Å²) < 4.78 is 7.33. The molecular formula is C34H41ClN6O4. The minimum atomic E-state index is -0.487. The van der Waals surface area contributed by atoms with Gasteiger partial charge in [0.1, 0.15) is 11.9 Å². The number of likely N-dealkylation sites (tertiary alicyclic amines) is 3. The van der Waals surface area contributed by atoms with Crippen molar-refractivity contribution in [2.75, 3.05) is 26.2 Å². The molecular weight excluding hydrogens is 592 g/mol. The summed E-state index contributed by atoms with van der Waals surface area (Å²) in [7, 11) is 0. The Hall–Kier alpha value is -3.50. The lowest BCUT2D eigenvalue weighted by atomic mass is 9.72. The molecule has 0 radical (unpaired) electrons. The molecule has 3 amide bonds. The van der Waals surface area contributed by atoms with Gasteiger partial charge in [0, 0.05) is 41.8 Å². The van der Waals surface area contributed by atoms with E-state index in [1.54, 1.807) is 4.52 Å². The molecule has 3 aromatic rings. The van der Waals surface area contributed by atoms with Crippen LogP contribution in [0.2, 0.25) is 5.02 Å². The van der Waals surface area contributed by atoms with Gasteiger partial charge in [-0.15, -0.1) is 0 Å². The van der Waals surface area contributed by atoms with E-state index in [9.17, 15) is 14.4 Å². The molecule has 1 saturated carbocycles. The van der Waals surface area contributed by atoms with Crippen LogP contribution in [0.1, 0.15) is 64.2 Å². The number of ether oxygens (including phenoxy) is 1. The Morgan fingerprint density at radius 2 is 1.71 bits per heavy atom. The molecule has 2 atom stereocenters. The highest BCUT2D eigenvalue weighted by Crippen LogP contribution is 2.63. The summed E-state index contributed by atoms with van der Waals surface area (Å²) in [6.07, 6.45) is 5.24. The van der Waals surface area contributed by atoms with Gasteiger partial charge in [0.2, 0.25) is 11.8 Å². The average molecular weight is 633 g/mol. The molecule has 10 nitrogen and oxygen atoms in total. The van der Waals surface area contributed by atoms with Gasteiger partial charge in [-0.05, 0) is 93.9 Å². The molecule has 1 aromatic carbocycles. The van der Waals surface area contributed by atoms with Crippen LogP contribution in [-0.4, -0.2) is 79.0 Å². The molecule has 5 heterocycles. The fraction of sp³-hybridized carbons (Fsp3) is 0.559. The third-order valence-corrected chi connectivity index (χ3v) is 10.6. The number of fused-ring (bicyclic) bond motifs is 2. The number of carbonyl (C=O) groups excluding carboxylic acids is 3. The number of amides is 3. The van der Waals surface area contributed by atoms with Gasteiger partial charge in [0.05, 0.1) is 29.6 Å². The molecule has 0 N–H and O–H groups in total. The first kappa shape index (κ1) is 30.2. The van der Waals surface area contributed by atoms with Gasteiger partial charge in [0.25, 0.3) is 0 Å². The Morgan fingerprint density at radius 3 is 2.36 bits per heavy atom. The maximum absolute atomic E-state index is 13.0. The molecule has 3 aliphatic heterocycles. The molecule has 7 rings (SSSR count). The lowest BCUT2D eigenvalue weighted by molar-refractivity contribution is -0.143. The van der Waals surface area contributed by atoms with Gasteiger partial charge in [-0.1, -0.05) is 25.4 Å². The van der Waals surface area contributed by atoms with E-state index >= 15 is 0 Å². The molecule has 4 aliphatic rings. The number of imide groups is 1. The third kappa shape index (κ3) is 5.19. The fourth-order valence-electron chi connectivity index (χ4n) is 7.76. The number of hydrogen-bond acceptors (Lipinski definition) is 7. The first-order valence-corrected chi connectivity index (χ1v) is 16.2. The van der Waals surface area contributed by atoms with Crippen molar-refractivity contribution >= 4 is 35.0 Å². The van der Waals surface area contributed by atoms with Crippen LogP contribution >= 0.6 is 11.6 Å². The van der Waals surface area contributed by atoms with E-state index in [4.69, 9.17) is 21.3 Å². The highest BCUT2D eigenvalue weighted by Gasteiger charge is 2.72. The molecule has 2 aromatic heterocycles. The van der Waals surface area contributed by atoms with Gasteiger partial charge >= 0.3 is 6.09 Å². The van der Waals surface area contributed by atoms with Crippen molar-refractivity contribution < 1.29 is 19.1 Å². The van der Waals surface area contributed by atoms with Crippen molar-refractivity contribution in [3.05, 3.63) is 52.4 Å². The number of carbonyl (C=O) groups is 3.